The molecule has 0 saturated carbocycles. The van der Waals surface area contributed by atoms with Crippen molar-refractivity contribution >= 4 is 11.6 Å². The van der Waals surface area contributed by atoms with E-state index in [4.69, 9.17) is 16.7 Å². The third-order valence-corrected chi connectivity index (χ3v) is 1.40. The minimum Gasteiger partial charge on any atom is -0.390 e. The van der Waals surface area contributed by atoms with Crippen molar-refractivity contribution in [1.29, 1.82) is 0 Å². The van der Waals surface area contributed by atoms with Crippen molar-refractivity contribution in [1.82, 2.24) is 5.32 Å². The van der Waals surface area contributed by atoms with Crippen molar-refractivity contribution in [2.45, 2.75) is 18.5 Å². The van der Waals surface area contributed by atoms with Crippen molar-refractivity contribution in [2.24, 2.45) is 0 Å². The third kappa shape index (κ3) is 4.45. The largest absolute Gasteiger partial charge is 0.390 e. The first-order valence-corrected chi connectivity index (χ1v) is 3.28. The van der Waals surface area contributed by atoms with Gasteiger partial charge in [-0.3, -0.25) is 5.32 Å². The van der Waals surface area contributed by atoms with Crippen molar-refractivity contribution < 1.29 is 5.11 Å². The molecule has 2 N–H and O–H groups in total. The van der Waals surface area contributed by atoms with Crippen molar-refractivity contribution in [2.75, 3.05) is 6.54 Å². The molecule has 0 aromatic heterocycles. The van der Waals surface area contributed by atoms with Gasteiger partial charge in [-0.05, 0) is 6.92 Å². The summed E-state index contributed by atoms with van der Waals surface area (Å²) in [6, 6.07) is 0. The maximum atomic E-state index is 8.82. The van der Waals surface area contributed by atoms with E-state index in [1.165, 1.54) is 0 Å². The Bertz CT molecular complexity index is 85.1. The monoisotopic (exact) mass is 149 g/mol. The average Bonchev–Trinajstić information content (AvgIpc) is 1.82. The van der Waals surface area contributed by atoms with Gasteiger partial charge in [-0.25, -0.2) is 0 Å². The Morgan fingerprint density at radius 3 is 2.78 bits per heavy atom. The summed E-state index contributed by atoms with van der Waals surface area (Å²) in [5, 5.41) is 11.6. The normalized spacial score (nSPS) is 16.8. The molecular formula is C6H12ClNO. The van der Waals surface area contributed by atoms with E-state index < -0.39 is 6.10 Å². The lowest BCUT2D eigenvalue weighted by atomic mass is 10.4. The number of alkyl halides is 1. The van der Waals surface area contributed by atoms with Gasteiger partial charge in [-0.2, -0.15) is 0 Å². The van der Waals surface area contributed by atoms with Crippen molar-refractivity contribution in [3.63, 3.8) is 0 Å². The summed E-state index contributed by atoms with van der Waals surface area (Å²) >= 11 is 5.59. The lowest BCUT2D eigenvalue weighted by Gasteiger charge is -2.11. The summed E-state index contributed by atoms with van der Waals surface area (Å²) in [6.45, 7) is 5.75. The number of hydrogen-bond acceptors (Lipinski definition) is 2. The van der Waals surface area contributed by atoms with E-state index in [0.717, 1.165) is 0 Å². The Hall–Kier alpha value is -0.0500. The van der Waals surface area contributed by atoms with Gasteiger partial charge in [0.1, 0.15) is 5.50 Å². The van der Waals surface area contributed by atoms with Crippen LogP contribution in [0.25, 0.3) is 0 Å². The maximum Gasteiger partial charge on any atom is 0.109 e. The molecule has 2 atom stereocenters. The second-order valence-corrected chi connectivity index (χ2v) is 2.31. The number of hydrogen-bond donors (Lipinski definition) is 2. The first-order chi connectivity index (χ1) is 4.18. The third-order valence-electron chi connectivity index (χ3n) is 0.881. The molecule has 0 aromatic rings. The first kappa shape index (κ1) is 8.95. The first-order valence-electron chi connectivity index (χ1n) is 2.85. The van der Waals surface area contributed by atoms with Crippen LogP contribution in [0.15, 0.2) is 12.7 Å². The van der Waals surface area contributed by atoms with Gasteiger partial charge in [0.25, 0.3) is 0 Å². The van der Waals surface area contributed by atoms with Crippen LogP contribution in [0.1, 0.15) is 6.92 Å². The molecule has 54 valence electrons. The molecule has 0 aromatic carbocycles. The van der Waals surface area contributed by atoms with E-state index in [0.29, 0.717) is 6.54 Å². The molecular weight excluding hydrogens is 138 g/mol. The molecule has 0 heterocycles. The molecule has 0 aliphatic carbocycles. The lowest BCUT2D eigenvalue weighted by molar-refractivity contribution is 0.178. The molecule has 0 saturated heterocycles. The summed E-state index contributed by atoms with van der Waals surface area (Å²) in [4.78, 5) is 0. The number of aliphatic hydroxyl groups is 1. The van der Waals surface area contributed by atoms with Crippen LogP contribution in [0.4, 0.5) is 0 Å². The molecule has 0 spiro atoms. The van der Waals surface area contributed by atoms with Crippen LogP contribution in [0.5, 0.6) is 0 Å². The summed E-state index contributed by atoms with van der Waals surface area (Å²) in [5.41, 5.74) is -0.372. The van der Waals surface area contributed by atoms with Gasteiger partial charge in [0, 0.05) is 6.54 Å². The van der Waals surface area contributed by atoms with Gasteiger partial charge in [0.05, 0.1) is 6.10 Å². The van der Waals surface area contributed by atoms with Gasteiger partial charge < -0.3 is 5.11 Å². The highest BCUT2D eigenvalue weighted by Crippen LogP contribution is 1.96. The molecule has 0 bridgehead atoms. The Labute approximate surface area is 60.5 Å². The summed E-state index contributed by atoms with van der Waals surface area (Å²) in [5.74, 6) is 0. The van der Waals surface area contributed by atoms with Crippen LogP contribution in [-0.4, -0.2) is 23.3 Å². The van der Waals surface area contributed by atoms with Crippen LogP contribution in [0.3, 0.4) is 0 Å². The molecule has 9 heavy (non-hydrogen) atoms. The Kier molecular flexibility index (Phi) is 4.77. The van der Waals surface area contributed by atoms with Crippen molar-refractivity contribution in [3.05, 3.63) is 12.7 Å². The van der Waals surface area contributed by atoms with E-state index >= 15 is 0 Å². The smallest absolute Gasteiger partial charge is 0.109 e. The minimum absolute atomic E-state index is 0.372. The number of halogens is 1. The maximum absolute atomic E-state index is 8.82. The quantitative estimate of drug-likeness (QED) is 0.351. The van der Waals surface area contributed by atoms with E-state index in [1.807, 2.05) is 0 Å². The standard InChI is InChI=1S/C6H12ClNO/c1-3-4-8-6(7)5(2)9/h3,5-6,8-9H,1,4H2,2H3. The van der Waals surface area contributed by atoms with Crippen LogP contribution in [0, 0.1) is 0 Å². The molecule has 0 aliphatic heterocycles. The fourth-order valence-electron chi connectivity index (χ4n) is 0.366. The molecule has 0 radical (unpaired) electrons. The van der Waals surface area contributed by atoms with E-state index in [9.17, 15) is 0 Å². The molecule has 0 amide bonds. The fraction of sp³-hybridized carbons (Fsp3) is 0.667. The zero-order valence-electron chi connectivity index (χ0n) is 5.47. The average molecular weight is 150 g/mol. The van der Waals surface area contributed by atoms with E-state index in [1.54, 1.807) is 13.0 Å². The van der Waals surface area contributed by atoms with E-state index in [2.05, 4.69) is 11.9 Å². The van der Waals surface area contributed by atoms with E-state index in [-0.39, 0.29) is 5.50 Å². The summed E-state index contributed by atoms with van der Waals surface area (Å²) in [7, 11) is 0. The highest BCUT2D eigenvalue weighted by molar-refractivity contribution is 6.20. The Morgan fingerprint density at radius 2 is 2.44 bits per heavy atom. The number of aliphatic hydroxyl groups excluding tert-OH is 1. The predicted octanol–water partition coefficient (Wildman–Crippen LogP) is 0.708. The highest BCUT2D eigenvalue weighted by Gasteiger charge is 2.07. The highest BCUT2D eigenvalue weighted by atomic mass is 35.5. The second kappa shape index (κ2) is 4.79. The van der Waals surface area contributed by atoms with Gasteiger partial charge >= 0.3 is 0 Å². The van der Waals surface area contributed by atoms with Crippen LogP contribution in [0.2, 0.25) is 0 Å². The van der Waals surface area contributed by atoms with Crippen LogP contribution in [-0.2, 0) is 0 Å². The molecule has 2 nitrogen and oxygen atoms in total. The van der Waals surface area contributed by atoms with Gasteiger partial charge in [-0.1, -0.05) is 6.08 Å². The molecule has 0 rings (SSSR count). The zero-order chi connectivity index (χ0) is 7.28. The summed E-state index contributed by atoms with van der Waals surface area (Å²) in [6.07, 6.45) is 1.17. The SMILES string of the molecule is C=CCNC(Cl)C(C)O. The zero-order valence-corrected chi connectivity index (χ0v) is 6.23. The van der Waals surface area contributed by atoms with Gasteiger partial charge in [-0.15, -0.1) is 18.2 Å². The lowest BCUT2D eigenvalue weighted by Crippen LogP contribution is -2.33. The predicted molar refractivity (Wildman–Crippen MR) is 39.5 cm³/mol. The molecule has 2 unspecified atom stereocenters. The summed E-state index contributed by atoms with van der Waals surface area (Å²) < 4.78 is 0. The molecule has 0 aliphatic rings. The van der Waals surface area contributed by atoms with Gasteiger partial charge in [0.15, 0.2) is 0 Å². The number of nitrogens with one attached hydrogen (secondary N) is 1. The topological polar surface area (TPSA) is 32.3 Å². The Balaban J connectivity index is 3.26. The number of rotatable bonds is 4. The van der Waals surface area contributed by atoms with Crippen LogP contribution >= 0.6 is 11.6 Å². The molecule has 0 fully saturated rings. The van der Waals surface area contributed by atoms with Gasteiger partial charge in [0.2, 0.25) is 0 Å². The van der Waals surface area contributed by atoms with Crippen molar-refractivity contribution in [3.8, 4) is 0 Å². The second-order valence-electron chi connectivity index (χ2n) is 1.84. The fourth-order valence-corrected chi connectivity index (χ4v) is 0.456. The Morgan fingerprint density at radius 1 is 1.89 bits per heavy atom. The minimum atomic E-state index is -0.522. The van der Waals surface area contributed by atoms with Crippen LogP contribution < -0.4 is 5.32 Å². The molecule has 3 heteroatoms.